The van der Waals surface area contributed by atoms with E-state index in [-0.39, 0.29) is 23.6 Å². The van der Waals surface area contributed by atoms with E-state index in [1.54, 1.807) is 0 Å². The molecule has 1 aliphatic rings. The molecule has 160 valence electrons. The van der Waals surface area contributed by atoms with Crippen LogP contribution in [0.3, 0.4) is 0 Å². The van der Waals surface area contributed by atoms with Crippen LogP contribution in [-0.2, 0) is 17.1 Å². The van der Waals surface area contributed by atoms with Crippen molar-refractivity contribution < 1.29 is 31.1 Å². The Morgan fingerprint density at radius 2 is 1.87 bits per heavy atom. The zero-order chi connectivity index (χ0) is 22.1. The van der Waals surface area contributed by atoms with E-state index in [1.807, 2.05) is 0 Å². The number of halogens is 6. The molecule has 3 rings (SSSR count). The summed E-state index contributed by atoms with van der Waals surface area (Å²) < 4.78 is 79.1. The molecule has 1 amide bonds. The van der Waals surface area contributed by atoms with Gasteiger partial charge in [0.25, 0.3) is 0 Å². The lowest BCUT2D eigenvalue weighted by Gasteiger charge is -2.17. The summed E-state index contributed by atoms with van der Waals surface area (Å²) in [4.78, 5) is 15.7. The van der Waals surface area contributed by atoms with Gasteiger partial charge in [-0.1, -0.05) is 6.07 Å². The minimum atomic E-state index is -5.10. The van der Waals surface area contributed by atoms with Gasteiger partial charge < -0.3 is 16.4 Å². The van der Waals surface area contributed by atoms with Gasteiger partial charge in [0, 0.05) is 12.1 Å². The molecule has 0 saturated carbocycles. The molecule has 1 fully saturated rings. The van der Waals surface area contributed by atoms with Crippen LogP contribution in [0, 0.1) is 0 Å². The molecule has 1 atom stereocenters. The third kappa shape index (κ3) is 4.44. The van der Waals surface area contributed by atoms with Gasteiger partial charge in [-0.05, 0) is 30.8 Å². The van der Waals surface area contributed by atoms with Gasteiger partial charge in [-0.15, -0.1) is 10.2 Å². The van der Waals surface area contributed by atoms with E-state index in [1.165, 1.54) is 0 Å². The first-order valence-electron chi connectivity index (χ1n) is 8.46. The Labute approximate surface area is 165 Å². The Hall–Kier alpha value is -3.38. The molecule has 2 heterocycles. The average molecular weight is 432 g/mol. The molecule has 1 unspecified atom stereocenters. The van der Waals surface area contributed by atoms with Crippen molar-refractivity contribution in [2.75, 3.05) is 11.9 Å². The minimum Gasteiger partial charge on any atom is -0.405 e. The van der Waals surface area contributed by atoms with Gasteiger partial charge in [-0.2, -0.15) is 26.3 Å². The predicted molar refractivity (Wildman–Crippen MR) is 93.5 cm³/mol. The molecule has 0 aliphatic carbocycles. The second-order valence-electron chi connectivity index (χ2n) is 6.26. The lowest BCUT2D eigenvalue weighted by molar-refractivity contribution is -0.142. The summed E-state index contributed by atoms with van der Waals surface area (Å²) in [5.74, 6) is -0.449. The summed E-state index contributed by atoms with van der Waals surface area (Å²) in [6.07, 6.45) is -7.51. The fourth-order valence-electron chi connectivity index (χ4n) is 2.85. The smallest absolute Gasteiger partial charge is 0.405 e. The fraction of sp³-hybridized carbons (Fsp3) is 0.294. The zero-order valence-electron chi connectivity index (χ0n) is 15.0. The lowest BCUT2D eigenvalue weighted by Crippen LogP contribution is -2.30. The quantitative estimate of drug-likeness (QED) is 0.642. The van der Waals surface area contributed by atoms with Gasteiger partial charge in [-0.25, -0.2) is 4.98 Å². The molecule has 1 aromatic carbocycles. The number of nitrogens with one attached hydrogen (secondary N) is 2. The van der Waals surface area contributed by atoms with Crippen LogP contribution in [0.1, 0.15) is 23.2 Å². The van der Waals surface area contributed by atoms with Crippen LogP contribution >= 0.6 is 0 Å². The maximum absolute atomic E-state index is 13.5. The number of amides is 1. The predicted octanol–water partition coefficient (Wildman–Crippen LogP) is 2.81. The molecule has 30 heavy (non-hydrogen) atoms. The Morgan fingerprint density at radius 3 is 2.43 bits per heavy atom. The van der Waals surface area contributed by atoms with E-state index in [0.717, 1.165) is 12.3 Å². The highest BCUT2D eigenvalue weighted by molar-refractivity contribution is 5.86. The monoisotopic (exact) mass is 432 g/mol. The number of nitrogens with zero attached hydrogens (tertiary/aromatic N) is 3. The third-order valence-corrected chi connectivity index (χ3v) is 4.23. The van der Waals surface area contributed by atoms with E-state index in [2.05, 4.69) is 25.8 Å². The van der Waals surface area contributed by atoms with Crippen molar-refractivity contribution in [1.82, 2.24) is 20.5 Å². The number of rotatable bonds is 4. The Bertz CT molecular complexity index is 988. The van der Waals surface area contributed by atoms with Gasteiger partial charge in [0.1, 0.15) is 11.7 Å². The average Bonchev–Trinajstić information content (AvgIpc) is 3.05. The first-order chi connectivity index (χ1) is 14.0. The van der Waals surface area contributed by atoms with Crippen LogP contribution in [0.25, 0.3) is 17.3 Å². The van der Waals surface area contributed by atoms with Crippen LogP contribution in [0.4, 0.5) is 32.3 Å². The molecule has 0 spiro atoms. The summed E-state index contributed by atoms with van der Waals surface area (Å²) in [6.45, 7) is 0.429. The molecule has 1 saturated heterocycles. The number of hydrogen-bond donors (Lipinski definition) is 3. The van der Waals surface area contributed by atoms with Crippen LogP contribution in [-0.4, -0.2) is 33.7 Å². The SMILES string of the molecule is NC=Cc1nc(NC2CCNC2=O)nnc1-c1ccc(C(F)(F)F)cc1C(F)(F)F. The van der Waals surface area contributed by atoms with Crippen molar-refractivity contribution in [3.63, 3.8) is 0 Å². The van der Waals surface area contributed by atoms with E-state index in [4.69, 9.17) is 5.73 Å². The summed E-state index contributed by atoms with van der Waals surface area (Å²) in [5, 5.41) is 12.7. The Balaban J connectivity index is 2.09. The van der Waals surface area contributed by atoms with Gasteiger partial charge in [-0.3, -0.25) is 4.79 Å². The first kappa shape index (κ1) is 21.3. The third-order valence-electron chi connectivity index (χ3n) is 4.23. The highest BCUT2D eigenvalue weighted by Gasteiger charge is 2.39. The van der Waals surface area contributed by atoms with Crippen molar-refractivity contribution in [2.24, 2.45) is 5.73 Å². The first-order valence-corrected chi connectivity index (χ1v) is 8.46. The van der Waals surface area contributed by atoms with Crippen LogP contribution < -0.4 is 16.4 Å². The summed E-state index contributed by atoms with van der Waals surface area (Å²) in [7, 11) is 0. The summed E-state index contributed by atoms with van der Waals surface area (Å²) in [5.41, 5.74) is 1.09. The number of alkyl halides is 6. The van der Waals surface area contributed by atoms with Gasteiger partial charge in [0.2, 0.25) is 11.9 Å². The van der Waals surface area contributed by atoms with Crippen molar-refractivity contribution in [2.45, 2.75) is 24.8 Å². The van der Waals surface area contributed by atoms with Crippen molar-refractivity contribution in [3.05, 3.63) is 41.2 Å². The maximum Gasteiger partial charge on any atom is 0.417 e. The van der Waals surface area contributed by atoms with E-state index < -0.39 is 40.8 Å². The standard InChI is InChI=1S/C17H14F6N6O/c18-16(19,20)8-1-2-9(10(7-8)17(21,22)23)13-11(3-5-24)26-15(29-28-13)27-12-4-6-25-14(12)30/h1-3,5,7,12H,4,6,24H2,(H,25,30)(H,26,27,29). The molecule has 0 bridgehead atoms. The number of anilines is 1. The topological polar surface area (TPSA) is 106 Å². The van der Waals surface area contributed by atoms with Crippen molar-refractivity contribution >= 4 is 17.9 Å². The molecule has 0 radical (unpaired) electrons. The fourth-order valence-corrected chi connectivity index (χ4v) is 2.85. The summed E-state index contributed by atoms with van der Waals surface area (Å²) in [6, 6.07) is 0.520. The van der Waals surface area contributed by atoms with Crippen molar-refractivity contribution in [1.29, 1.82) is 0 Å². The molecular weight excluding hydrogens is 418 g/mol. The van der Waals surface area contributed by atoms with Crippen molar-refractivity contribution in [3.8, 4) is 11.3 Å². The number of hydrogen-bond acceptors (Lipinski definition) is 6. The number of carbonyl (C=O) groups is 1. The second kappa shape index (κ2) is 7.80. The van der Waals surface area contributed by atoms with E-state index in [0.29, 0.717) is 25.1 Å². The van der Waals surface area contributed by atoms with Gasteiger partial charge in [0.15, 0.2) is 0 Å². The minimum absolute atomic E-state index is 0.00196. The van der Waals surface area contributed by atoms with Crippen LogP contribution in [0.2, 0.25) is 0 Å². The molecule has 13 heteroatoms. The highest BCUT2D eigenvalue weighted by Crippen LogP contribution is 2.41. The second-order valence-corrected chi connectivity index (χ2v) is 6.26. The van der Waals surface area contributed by atoms with Crippen LogP contribution in [0.5, 0.6) is 0 Å². The van der Waals surface area contributed by atoms with Gasteiger partial charge >= 0.3 is 12.4 Å². The molecular formula is C17H14F6N6O. The molecule has 1 aromatic heterocycles. The van der Waals surface area contributed by atoms with Gasteiger partial charge in [0.05, 0.1) is 16.8 Å². The molecule has 2 aromatic rings. The largest absolute Gasteiger partial charge is 0.417 e. The zero-order valence-corrected chi connectivity index (χ0v) is 15.0. The van der Waals surface area contributed by atoms with E-state index >= 15 is 0 Å². The van der Waals surface area contributed by atoms with E-state index in [9.17, 15) is 31.1 Å². The van der Waals surface area contributed by atoms with Crippen LogP contribution in [0.15, 0.2) is 24.4 Å². The summed E-state index contributed by atoms with van der Waals surface area (Å²) >= 11 is 0. The number of carbonyl (C=O) groups excluding carboxylic acids is 1. The Kier molecular flexibility index (Phi) is 5.55. The highest BCUT2D eigenvalue weighted by atomic mass is 19.4. The number of benzene rings is 1. The molecule has 7 nitrogen and oxygen atoms in total. The number of aromatic nitrogens is 3. The molecule has 4 N–H and O–H groups in total. The Morgan fingerprint density at radius 1 is 1.13 bits per heavy atom. The molecule has 1 aliphatic heterocycles. The normalized spacial score (nSPS) is 17.4. The lowest BCUT2D eigenvalue weighted by atomic mass is 9.99. The maximum atomic E-state index is 13.5. The number of nitrogens with two attached hydrogens (primary N) is 1.